The number of fused-ring (bicyclic) bond motifs is 2. The van der Waals surface area contributed by atoms with Crippen LogP contribution in [0.2, 0.25) is 0 Å². The summed E-state index contributed by atoms with van der Waals surface area (Å²) in [5, 5.41) is 0.979. The molecule has 0 spiro atoms. The SMILES string of the molecule is O=C1C(=Cc2ccc(-n3ccc4cncnc43)[se]2)C(=O)c2ccccc21. The summed E-state index contributed by atoms with van der Waals surface area (Å²) in [6.07, 6.45) is 7.03. The van der Waals surface area contributed by atoms with Gasteiger partial charge in [-0.2, -0.15) is 0 Å². The molecule has 0 fully saturated rings. The van der Waals surface area contributed by atoms with E-state index in [1.54, 1.807) is 36.5 Å². The van der Waals surface area contributed by atoms with E-state index in [0.717, 1.165) is 20.0 Å². The number of carbonyl (C=O) groups excluding carboxylic acids is 2. The van der Waals surface area contributed by atoms with Crippen molar-refractivity contribution in [2.45, 2.75) is 0 Å². The Bertz CT molecular complexity index is 1200. The number of carbonyl (C=O) groups is 2. The Labute approximate surface area is 154 Å². The maximum atomic E-state index is 12.5. The van der Waals surface area contributed by atoms with Crippen LogP contribution in [0.5, 0.6) is 0 Å². The maximum absolute atomic E-state index is 12.5. The molecule has 5 nitrogen and oxygen atoms in total. The summed E-state index contributed by atoms with van der Waals surface area (Å²) in [6.45, 7) is 0. The molecule has 6 heteroatoms. The number of ketones is 2. The van der Waals surface area contributed by atoms with Gasteiger partial charge in [0, 0.05) is 0 Å². The molecule has 0 amide bonds. The predicted molar refractivity (Wildman–Crippen MR) is 98.9 cm³/mol. The Morgan fingerprint density at radius 3 is 2.50 bits per heavy atom. The molecule has 0 saturated carbocycles. The van der Waals surface area contributed by atoms with Crippen molar-refractivity contribution in [3.05, 3.63) is 82.3 Å². The third kappa shape index (κ3) is 2.24. The van der Waals surface area contributed by atoms with Gasteiger partial charge in [-0.1, -0.05) is 0 Å². The molecule has 0 radical (unpaired) electrons. The van der Waals surface area contributed by atoms with Gasteiger partial charge in [-0.3, -0.25) is 0 Å². The van der Waals surface area contributed by atoms with Crippen LogP contribution in [0.4, 0.5) is 0 Å². The van der Waals surface area contributed by atoms with Crippen molar-refractivity contribution in [3.63, 3.8) is 0 Å². The van der Waals surface area contributed by atoms with Crippen LogP contribution >= 0.6 is 0 Å². The molecule has 1 aromatic carbocycles. The molecule has 3 heterocycles. The molecule has 4 aromatic rings. The number of allylic oxidation sites excluding steroid dienone is 1. The average Bonchev–Trinajstić information content (AvgIpc) is 3.36. The van der Waals surface area contributed by atoms with Crippen LogP contribution in [0.1, 0.15) is 25.2 Å². The van der Waals surface area contributed by atoms with Crippen LogP contribution in [0.3, 0.4) is 0 Å². The van der Waals surface area contributed by atoms with Gasteiger partial charge in [0.15, 0.2) is 0 Å². The molecule has 26 heavy (non-hydrogen) atoms. The van der Waals surface area contributed by atoms with E-state index in [9.17, 15) is 9.59 Å². The molecule has 1 aliphatic rings. The normalized spacial score (nSPS) is 13.5. The zero-order valence-electron chi connectivity index (χ0n) is 13.4. The summed E-state index contributed by atoms with van der Waals surface area (Å²) in [7, 11) is 0. The molecular formula is C20H11N3O2Se. The predicted octanol–water partition coefficient (Wildman–Crippen LogP) is 2.94. The van der Waals surface area contributed by atoms with Gasteiger partial charge >= 0.3 is 154 Å². The standard InChI is InChI=1S/C20H11N3O2Se/c24-18-14-3-1-2-4-15(14)19(25)16(18)9-13-5-6-17(26-13)23-8-7-12-10-21-11-22-20(12)23/h1-11H. The van der Waals surface area contributed by atoms with Gasteiger partial charge in [0.2, 0.25) is 0 Å². The van der Waals surface area contributed by atoms with Crippen LogP contribution in [0.25, 0.3) is 21.7 Å². The van der Waals surface area contributed by atoms with Crippen molar-refractivity contribution in [1.82, 2.24) is 14.5 Å². The molecule has 0 aliphatic heterocycles. The van der Waals surface area contributed by atoms with E-state index in [-0.39, 0.29) is 31.6 Å². The number of hydrogen-bond acceptors (Lipinski definition) is 4. The third-order valence-electron chi connectivity index (χ3n) is 4.39. The van der Waals surface area contributed by atoms with E-state index < -0.39 is 0 Å². The topological polar surface area (TPSA) is 64.8 Å². The van der Waals surface area contributed by atoms with Crippen molar-refractivity contribution in [3.8, 4) is 4.56 Å². The molecule has 0 N–H and O–H groups in total. The molecular weight excluding hydrogens is 393 g/mol. The second-order valence-electron chi connectivity index (χ2n) is 5.93. The minimum absolute atomic E-state index is 0.0146. The summed E-state index contributed by atoms with van der Waals surface area (Å²) in [4.78, 5) is 33.4. The van der Waals surface area contributed by atoms with Crippen molar-refractivity contribution in [2.24, 2.45) is 0 Å². The van der Waals surface area contributed by atoms with Crippen molar-refractivity contribution >= 4 is 43.2 Å². The monoisotopic (exact) mass is 405 g/mol. The number of benzene rings is 1. The van der Waals surface area contributed by atoms with Gasteiger partial charge in [-0.05, 0) is 0 Å². The van der Waals surface area contributed by atoms with E-state index >= 15 is 0 Å². The minimum atomic E-state index is -0.185. The Morgan fingerprint density at radius 2 is 1.73 bits per heavy atom. The Morgan fingerprint density at radius 1 is 0.962 bits per heavy atom. The van der Waals surface area contributed by atoms with Gasteiger partial charge in [-0.15, -0.1) is 0 Å². The van der Waals surface area contributed by atoms with Gasteiger partial charge in [0.1, 0.15) is 0 Å². The van der Waals surface area contributed by atoms with Crippen LogP contribution < -0.4 is 0 Å². The molecule has 0 bridgehead atoms. The van der Waals surface area contributed by atoms with Crippen LogP contribution in [0, 0.1) is 0 Å². The Kier molecular flexibility index (Phi) is 3.35. The Hall–Kier alpha value is -3.08. The summed E-state index contributed by atoms with van der Waals surface area (Å²) < 4.78 is 4.13. The van der Waals surface area contributed by atoms with Crippen LogP contribution in [0.15, 0.2) is 66.8 Å². The second-order valence-corrected chi connectivity index (χ2v) is 8.22. The van der Waals surface area contributed by atoms with E-state index in [1.807, 2.05) is 29.0 Å². The van der Waals surface area contributed by atoms with Gasteiger partial charge in [0.05, 0.1) is 0 Å². The van der Waals surface area contributed by atoms with E-state index in [1.165, 1.54) is 6.33 Å². The molecule has 0 saturated heterocycles. The zero-order valence-corrected chi connectivity index (χ0v) is 15.1. The quantitative estimate of drug-likeness (QED) is 0.293. The molecule has 124 valence electrons. The number of aromatic nitrogens is 3. The van der Waals surface area contributed by atoms with E-state index in [4.69, 9.17) is 0 Å². The third-order valence-corrected chi connectivity index (χ3v) is 6.56. The van der Waals surface area contributed by atoms with E-state index in [0.29, 0.717) is 11.1 Å². The first-order valence-electron chi connectivity index (χ1n) is 8.00. The first-order valence-corrected chi connectivity index (χ1v) is 9.71. The van der Waals surface area contributed by atoms with Crippen LogP contribution in [-0.2, 0) is 0 Å². The van der Waals surface area contributed by atoms with E-state index in [2.05, 4.69) is 9.97 Å². The van der Waals surface area contributed by atoms with Gasteiger partial charge in [-0.25, -0.2) is 0 Å². The fraction of sp³-hybridized carbons (Fsp3) is 0. The fourth-order valence-corrected chi connectivity index (χ4v) is 5.12. The summed E-state index contributed by atoms with van der Waals surface area (Å²) in [6, 6.07) is 12.9. The molecule has 0 unspecified atom stereocenters. The molecule has 3 aromatic heterocycles. The number of hydrogen-bond donors (Lipinski definition) is 0. The molecule has 0 atom stereocenters. The summed E-state index contributed by atoms with van der Waals surface area (Å²) in [5.74, 6) is -0.371. The Balaban J connectivity index is 1.55. The zero-order chi connectivity index (χ0) is 17.7. The average molecular weight is 404 g/mol. The number of nitrogens with zero attached hydrogens (tertiary/aromatic N) is 3. The number of Topliss-reactive ketones (excluding diaryl/α,β-unsaturated/α-hetero) is 2. The second kappa shape index (κ2) is 5.73. The molecule has 5 rings (SSSR count). The summed E-state index contributed by atoms with van der Waals surface area (Å²) >= 11 is -0.0146. The van der Waals surface area contributed by atoms with Gasteiger partial charge < -0.3 is 0 Å². The van der Waals surface area contributed by atoms with Crippen molar-refractivity contribution < 1.29 is 9.59 Å². The number of rotatable bonds is 2. The fourth-order valence-electron chi connectivity index (χ4n) is 3.15. The first-order chi connectivity index (χ1) is 12.7. The van der Waals surface area contributed by atoms with Crippen LogP contribution in [-0.4, -0.2) is 40.6 Å². The van der Waals surface area contributed by atoms with Gasteiger partial charge in [0.25, 0.3) is 0 Å². The first kappa shape index (κ1) is 15.2. The van der Waals surface area contributed by atoms with Crippen molar-refractivity contribution in [2.75, 3.05) is 0 Å². The van der Waals surface area contributed by atoms with Crippen molar-refractivity contribution in [1.29, 1.82) is 0 Å². The molecule has 1 aliphatic carbocycles. The summed E-state index contributed by atoms with van der Waals surface area (Å²) in [5.41, 5.74) is 2.11.